The van der Waals surface area contributed by atoms with E-state index >= 15 is 0 Å². The summed E-state index contributed by atoms with van der Waals surface area (Å²) in [5, 5.41) is 2.89. The molecule has 310 valence electrons. The fraction of sp³-hybridized carbons (Fsp3) is 0.643. The SMILES string of the molecule is COc1ccc2c(O[C@@H]3C[C@H]4C(=O)C[C@]5(C(=O)NS(=O)(=O)C6CC6)C[C@@H]5/C=C\CCCCC[C@H](NC(=O)OC(C)(C)C)C(=O)N4C3)cc(OC3CCC3)nc2c1C. The number of fused-ring (bicyclic) bond motifs is 3. The number of alkyl carbamates (subject to hydrolysis) is 1. The number of ether oxygens (including phenoxy) is 4. The van der Waals surface area contributed by atoms with Gasteiger partial charge in [0.2, 0.25) is 27.7 Å². The zero-order chi connectivity index (χ0) is 40.7. The molecule has 7 rings (SSSR count). The molecule has 1 aromatic carbocycles. The summed E-state index contributed by atoms with van der Waals surface area (Å²) < 4.78 is 52.2. The second kappa shape index (κ2) is 16.1. The maximum Gasteiger partial charge on any atom is 0.408 e. The van der Waals surface area contributed by atoms with Gasteiger partial charge in [0.1, 0.15) is 35.3 Å². The smallest absolute Gasteiger partial charge is 0.408 e. The topological polar surface area (TPSA) is 180 Å². The predicted molar refractivity (Wildman–Crippen MR) is 211 cm³/mol. The number of carbonyl (C=O) groups is 4. The predicted octanol–water partition coefficient (Wildman–Crippen LogP) is 5.82. The van der Waals surface area contributed by atoms with E-state index in [0.29, 0.717) is 60.4 Å². The number of allylic oxidation sites excluding steroid dienone is 2. The number of nitrogens with one attached hydrogen (secondary N) is 2. The van der Waals surface area contributed by atoms with Crippen LogP contribution in [0.3, 0.4) is 0 Å². The minimum absolute atomic E-state index is 0.0259. The summed E-state index contributed by atoms with van der Waals surface area (Å²) in [5.41, 5.74) is -0.614. The first-order valence-corrected chi connectivity index (χ1v) is 22.0. The highest BCUT2D eigenvalue weighted by Gasteiger charge is 2.61. The van der Waals surface area contributed by atoms with E-state index in [1.165, 1.54) is 4.90 Å². The average Bonchev–Trinajstić information content (AvgIpc) is 4.05. The lowest BCUT2D eigenvalue weighted by Gasteiger charge is -2.30. The molecule has 2 aromatic rings. The van der Waals surface area contributed by atoms with Crippen LogP contribution < -0.4 is 24.2 Å². The van der Waals surface area contributed by atoms with Crippen molar-refractivity contribution in [3.05, 3.63) is 35.9 Å². The van der Waals surface area contributed by atoms with E-state index in [0.717, 1.165) is 44.1 Å². The lowest BCUT2D eigenvalue weighted by molar-refractivity contribution is -0.140. The molecule has 3 saturated carbocycles. The molecule has 5 aliphatic rings. The van der Waals surface area contributed by atoms with Gasteiger partial charge in [0, 0.05) is 29.9 Å². The third-order valence-electron chi connectivity index (χ3n) is 11.9. The number of rotatable bonds is 9. The fourth-order valence-corrected chi connectivity index (χ4v) is 9.60. The third kappa shape index (κ3) is 9.18. The molecule has 0 spiro atoms. The summed E-state index contributed by atoms with van der Waals surface area (Å²) >= 11 is 0. The van der Waals surface area contributed by atoms with Crippen LogP contribution >= 0.6 is 0 Å². The van der Waals surface area contributed by atoms with E-state index in [1.54, 1.807) is 33.9 Å². The summed E-state index contributed by atoms with van der Waals surface area (Å²) in [7, 11) is -2.27. The van der Waals surface area contributed by atoms with Gasteiger partial charge in [-0.05, 0) is 104 Å². The van der Waals surface area contributed by atoms with Crippen molar-refractivity contribution in [1.82, 2.24) is 19.9 Å². The van der Waals surface area contributed by atoms with Crippen LogP contribution in [-0.4, -0.2) is 90.8 Å². The second-order valence-electron chi connectivity index (χ2n) is 17.5. The minimum Gasteiger partial charge on any atom is -0.496 e. The Morgan fingerprint density at radius 1 is 0.965 bits per heavy atom. The van der Waals surface area contributed by atoms with E-state index in [1.807, 2.05) is 31.2 Å². The highest BCUT2D eigenvalue weighted by molar-refractivity contribution is 7.90. The van der Waals surface area contributed by atoms with Crippen LogP contribution in [0.1, 0.15) is 110 Å². The van der Waals surface area contributed by atoms with Crippen LogP contribution in [0.25, 0.3) is 10.9 Å². The Morgan fingerprint density at radius 3 is 2.42 bits per heavy atom. The van der Waals surface area contributed by atoms with Gasteiger partial charge in [-0.1, -0.05) is 25.0 Å². The molecule has 5 atom stereocenters. The molecule has 15 heteroatoms. The third-order valence-corrected chi connectivity index (χ3v) is 13.7. The van der Waals surface area contributed by atoms with Crippen molar-refractivity contribution in [3.63, 3.8) is 0 Å². The van der Waals surface area contributed by atoms with Gasteiger partial charge in [0.05, 0.1) is 35.9 Å². The zero-order valence-corrected chi connectivity index (χ0v) is 34.5. The lowest BCUT2D eigenvalue weighted by Crippen LogP contribution is -2.53. The number of sulfonamides is 1. The molecule has 2 N–H and O–H groups in total. The second-order valence-corrected chi connectivity index (χ2v) is 19.4. The molecule has 0 bridgehead atoms. The Bertz CT molecular complexity index is 2040. The molecule has 4 fully saturated rings. The molecule has 0 unspecified atom stereocenters. The summed E-state index contributed by atoms with van der Waals surface area (Å²) in [4.78, 5) is 62.5. The van der Waals surface area contributed by atoms with Crippen LogP contribution in [-0.2, 0) is 29.1 Å². The minimum atomic E-state index is -3.86. The number of carbonyl (C=O) groups excluding carboxylic acids is 4. The Balaban J connectivity index is 1.22. The van der Waals surface area contributed by atoms with E-state index in [9.17, 15) is 27.6 Å². The number of aromatic nitrogens is 1. The van der Waals surface area contributed by atoms with E-state index in [-0.39, 0.29) is 37.2 Å². The maximum absolute atomic E-state index is 14.7. The molecular formula is C42H56N4O10S. The largest absolute Gasteiger partial charge is 0.496 e. The Morgan fingerprint density at radius 2 is 1.74 bits per heavy atom. The number of pyridine rings is 1. The van der Waals surface area contributed by atoms with Crippen molar-refractivity contribution < 1.29 is 46.5 Å². The van der Waals surface area contributed by atoms with Gasteiger partial charge >= 0.3 is 6.09 Å². The first kappa shape index (κ1) is 40.8. The fourth-order valence-electron chi connectivity index (χ4n) is 8.21. The number of ketones is 1. The van der Waals surface area contributed by atoms with Crippen molar-refractivity contribution in [1.29, 1.82) is 0 Å². The highest BCUT2D eigenvalue weighted by Crippen LogP contribution is 2.57. The van der Waals surface area contributed by atoms with Crippen LogP contribution in [0.2, 0.25) is 0 Å². The first-order chi connectivity index (χ1) is 27.1. The van der Waals surface area contributed by atoms with Crippen LogP contribution in [0.4, 0.5) is 4.79 Å². The van der Waals surface area contributed by atoms with Gasteiger partial charge in [-0.25, -0.2) is 18.2 Å². The Labute approximate surface area is 334 Å². The molecule has 1 saturated heterocycles. The van der Waals surface area contributed by atoms with Crippen molar-refractivity contribution in [3.8, 4) is 17.4 Å². The monoisotopic (exact) mass is 808 g/mol. The van der Waals surface area contributed by atoms with Gasteiger partial charge in [-0.15, -0.1) is 0 Å². The van der Waals surface area contributed by atoms with Crippen molar-refractivity contribution >= 4 is 44.6 Å². The number of nitrogens with zero attached hydrogens (tertiary/aromatic N) is 2. The number of aryl methyl sites for hydroxylation is 1. The van der Waals surface area contributed by atoms with Gasteiger partial charge in [-0.2, -0.15) is 0 Å². The van der Waals surface area contributed by atoms with Crippen LogP contribution in [0, 0.1) is 18.3 Å². The van der Waals surface area contributed by atoms with Crippen molar-refractivity contribution in [2.45, 2.75) is 146 Å². The highest BCUT2D eigenvalue weighted by atomic mass is 32.2. The number of benzene rings is 1. The molecule has 14 nitrogen and oxygen atoms in total. The molecule has 3 aliphatic carbocycles. The molecular weight excluding hydrogens is 753 g/mol. The van der Waals surface area contributed by atoms with E-state index in [2.05, 4.69) is 10.0 Å². The van der Waals surface area contributed by atoms with E-state index < -0.39 is 62.4 Å². The number of Topliss-reactive ketones (excluding diaryl/α,β-unsaturated/α-hetero) is 1. The number of amides is 3. The quantitative estimate of drug-likeness (QED) is 0.292. The summed E-state index contributed by atoms with van der Waals surface area (Å²) in [6.07, 6.45) is 9.94. The summed E-state index contributed by atoms with van der Waals surface area (Å²) in [6, 6.07) is 3.46. The maximum atomic E-state index is 14.7. The molecule has 0 radical (unpaired) electrons. The average molecular weight is 809 g/mol. The number of hydrogen-bond donors (Lipinski definition) is 2. The normalized spacial score (nSPS) is 27.8. The number of hydrogen-bond acceptors (Lipinski definition) is 11. The first-order valence-electron chi connectivity index (χ1n) is 20.4. The van der Waals surface area contributed by atoms with E-state index in [4.69, 9.17) is 23.9 Å². The molecule has 1 aromatic heterocycles. The standard InChI is InChI=1S/C42H56N4O10S/c1-25-34(53-5)19-18-30-35(21-36(44-37(25)30)55-27-13-11-14-27)54-28-20-32-33(47)23-42(39(49)45-57(51,52)29-16-17-29)22-26(42)12-9-7-6-8-10-15-31(38(48)46(32)24-28)43-40(50)56-41(2,3)4/h9,12,18-19,21,26-29,31-32H,6-8,10-11,13-17,20,22-24H2,1-5H3,(H,43,50)(H,45,49)/b12-9-/t26-,28+,31-,32-,42+/m0/s1. The Kier molecular flexibility index (Phi) is 11.5. The summed E-state index contributed by atoms with van der Waals surface area (Å²) in [6.45, 7) is 7.16. The lowest BCUT2D eigenvalue weighted by atomic mass is 9.91. The van der Waals surface area contributed by atoms with Crippen molar-refractivity contribution in [2.24, 2.45) is 11.3 Å². The molecule has 2 aliphatic heterocycles. The molecule has 57 heavy (non-hydrogen) atoms. The van der Waals surface area contributed by atoms with Gasteiger partial charge in [0.25, 0.3) is 0 Å². The zero-order valence-electron chi connectivity index (χ0n) is 33.6. The Hall–Kier alpha value is -4.40. The molecule has 3 heterocycles. The van der Waals surface area contributed by atoms with Crippen LogP contribution in [0.15, 0.2) is 30.4 Å². The van der Waals surface area contributed by atoms with Gasteiger partial charge in [0.15, 0.2) is 5.78 Å². The summed E-state index contributed by atoms with van der Waals surface area (Å²) in [5.74, 6) is -0.282. The van der Waals surface area contributed by atoms with Gasteiger partial charge in [-0.3, -0.25) is 19.1 Å². The number of methoxy groups -OCH3 is 1. The van der Waals surface area contributed by atoms with Crippen LogP contribution in [0.5, 0.6) is 17.4 Å². The molecule has 3 amide bonds. The van der Waals surface area contributed by atoms with Gasteiger partial charge < -0.3 is 29.2 Å². The van der Waals surface area contributed by atoms with Crippen molar-refractivity contribution in [2.75, 3.05) is 13.7 Å².